The standard InChI is InChI=1S/C10H12N4O2/c1-15-5-3-13-9(7-11)10(8-12)14-4-6-16-2/h3-4H,5-6H2,1-2H3/b10-9-,13-3+,14-4+. The van der Waals surface area contributed by atoms with E-state index in [-0.39, 0.29) is 24.6 Å². The van der Waals surface area contributed by atoms with E-state index in [0.717, 1.165) is 0 Å². The summed E-state index contributed by atoms with van der Waals surface area (Å²) >= 11 is 0. The van der Waals surface area contributed by atoms with Gasteiger partial charge in [0.25, 0.3) is 0 Å². The van der Waals surface area contributed by atoms with Crippen molar-refractivity contribution in [1.29, 1.82) is 10.5 Å². The molecule has 0 N–H and O–H groups in total. The van der Waals surface area contributed by atoms with Crippen molar-refractivity contribution >= 4 is 12.4 Å². The lowest BCUT2D eigenvalue weighted by molar-refractivity contribution is 0.248. The first kappa shape index (κ1) is 14.0. The van der Waals surface area contributed by atoms with Crippen molar-refractivity contribution in [2.45, 2.75) is 0 Å². The molecule has 0 saturated heterocycles. The maximum atomic E-state index is 8.76. The van der Waals surface area contributed by atoms with Crippen LogP contribution in [0, 0.1) is 22.7 Å². The summed E-state index contributed by atoms with van der Waals surface area (Å²) in [6.07, 6.45) is 2.78. The Bertz CT molecular complexity index is 335. The molecule has 0 aromatic rings. The topological polar surface area (TPSA) is 90.8 Å². The Morgan fingerprint density at radius 3 is 1.62 bits per heavy atom. The number of nitriles is 2. The number of hydrogen-bond acceptors (Lipinski definition) is 6. The second-order valence-corrected chi connectivity index (χ2v) is 2.45. The van der Waals surface area contributed by atoms with Crippen LogP contribution >= 0.6 is 0 Å². The Morgan fingerprint density at radius 1 is 1.00 bits per heavy atom. The van der Waals surface area contributed by atoms with Gasteiger partial charge in [-0.2, -0.15) is 10.5 Å². The third-order valence-electron chi connectivity index (χ3n) is 1.36. The number of hydrogen-bond donors (Lipinski definition) is 0. The zero-order chi connectivity index (χ0) is 12.2. The maximum Gasteiger partial charge on any atom is 0.176 e. The summed E-state index contributed by atoms with van der Waals surface area (Å²) in [5.74, 6) is 0. The van der Waals surface area contributed by atoms with Gasteiger partial charge in [0.1, 0.15) is 12.1 Å². The Labute approximate surface area is 94.1 Å². The minimum atomic E-state index is -0.0492. The van der Waals surface area contributed by atoms with Crippen LogP contribution in [0.2, 0.25) is 0 Å². The third kappa shape index (κ3) is 5.66. The molecule has 0 unspecified atom stereocenters. The highest BCUT2D eigenvalue weighted by Crippen LogP contribution is 2.04. The Kier molecular flexibility index (Phi) is 8.33. The molecule has 16 heavy (non-hydrogen) atoms. The van der Waals surface area contributed by atoms with Gasteiger partial charge in [-0.25, -0.2) is 9.98 Å². The van der Waals surface area contributed by atoms with E-state index in [2.05, 4.69) is 9.98 Å². The molecule has 0 aromatic carbocycles. The van der Waals surface area contributed by atoms with E-state index < -0.39 is 0 Å². The van der Waals surface area contributed by atoms with Crippen molar-refractivity contribution in [3.8, 4) is 12.1 Å². The van der Waals surface area contributed by atoms with Gasteiger partial charge in [0, 0.05) is 26.6 Å². The summed E-state index contributed by atoms with van der Waals surface area (Å²) in [6, 6.07) is 3.58. The van der Waals surface area contributed by atoms with Crippen LogP contribution in [0.5, 0.6) is 0 Å². The van der Waals surface area contributed by atoms with Crippen molar-refractivity contribution in [2.75, 3.05) is 27.4 Å². The molecule has 0 heterocycles. The van der Waals surface area contributed by atoms with Crippen LogP contribution in [0.1, 0.15) is 0 Å². The third-order valence-corrected chi connectivity index (χ3v) is 1.36. The van der Waals surface area contributed by atoms with Gasteiger partial charge in [-0.05, 0) is 0 Å². The molecule has 0 bridgehead atoms. The van der Waals surface area contributed by atoms with Crippen LogP contribution in [0.4, 0.5) is 0 Å². The first-order chi connectivity index (χ1) is 7.79. The smallest absolute Gasteiger partial charge is 0.176 e. The normalized spacial score (nSPS) is 12.5. The van der Waals surface area contributed by atoms with Crippen LogP contribution in [-0.4, -0.2) is 39.9 Å². The number of rotatable bonds is 6. The Hall–Kier alpha value is -2.02. The lowest BCUT2D eigenvalue weighted by Gasteiger charge is -1.92. The second kappa shape index (κ2) is 9.53. The molecule has 6 nitrogen and oxygen atoms in total. The molecule has 0 aliphatic heterocycles. The van der Waals surface area contributed by atoms with E-state index in [1.165, 1.54) is 26.6 Å². The van der Waals surface area contributed by atoms with Crippen molar-refractivity contribution in [2.24, 2.45) is 9.98 Å². The summed E-state index contributed by atoms with van der Waals surface area (Å²) < 4.78 is 9.45. The predicted molar refractivity (Wildman–Crippen MR) is 59.0 cm³/mol. The quantitative estimate of drug-likeness (QED) is 0.486. The predicted octanol–water partition coefficient (Wildman–Crippen LogP) is 0.680. The molecular formula is C10H12N4O2. The van der Waals surface area contributed by atoms with Gasteiger partial charge in [0.2, 0.25) is 0 Å². The maximum absolute atomic E-state index is 8.76. The minimum absolute atomic E-state index is 0.0492. The van der Waals surface area contributed by atoms with Gasteiger partial charge in [0.15, 0.2) is 11.4 Å². The van der Waals surface area contributed by atoms with Gasteiger partial charge in [-0.15, -0.1) is 0 Å². The van der Waals surface area contributed by atoms with Crippen LogP contribution in [0.3, 0.4) is 0 Å². The summed E-state index contributed by atoms with van der Waals surface area (Å²) in [7, 11) is 3.01. The SMILES string of the molecule is COC/C=N/C(C#N)=C(C#N)\N=C\COC. The Balaban J connectivity index is 4.81. The summed E-state index contributed by atoms with van der Waals surface area (Å²) in [5, 5.41) is 17.5. The van der Waals surface area contributed by atoms with E-state index in [1.807, 2.05) is 0 Å². The summed E-state index contributed by atoms with van der Waals surface area (Å²) in [5.41, 5.74) is -0.0983. The van der Waals surface area contributed by atoms with Gasteiger partial charge < -0.3 is 9.47 Å². The number of aliphatic imine (C=N–C) groups is 2. The van der Waals surface area contributed by atoms with Crippen LogP contribution < -0.4 is 0 Å². The van der Waals surface area contributed by atoms with Crippen LogP contribution in [0.25, 0.3) is 0 Å². The molecule has 0 rings (SSSR count). The molecule has 0 fully saturated rings. The highest BCUT2D eigenvalue weighted by molar-refractivity contribution is 5.64. The van der Waals surface area contributed by atoms with Gasteiger partial charge in [-0.3, -0.25) is 0 Å². The number of methoxy groups -OCH3 is 2. The van der Waals surface area contributed by atoms with Gasteiger partial charge in [0.05, 0.1) is 13.2 Å². The number of ether oxygens (including phenoxy) is 2. The molecule has 0 amide bonds. The zero-order valence-electron chi connectivity index (χ0n) is 9.17. The molecule has 6 heteroatoms. The van der Waals surface area contributed by atoms with E-state index in [0.29, 0.717) is 0 Å². The first-order valence-electron chi connectivity index (χ1n) is 4.37. The molecule has 0 saturated carbocycles. The van der Waals surface area contributed by atoms with Gasteiger partial charge >= 0.3 is 0 Å². The average molecular weight is 220 g/mol. The number of nitrogens with zero attached hydrogens (tertiary/aromatic N) is 4. The van der Waals surface area contributed by atoms with E-state index in [9.17, 15) is 0 Å². The van der Waals surface area contributed by atoms with Crippen molar-refractivity contribution in [3.63, 3.8) is 0 Å². The minimum Gasteiger partial charge on any atom is -0.379 e. The fraction of sp³-hybridized carbons (Fsp3) is 0.400. The second-order valence-electron chi connectivity index (χ2n) is 2.45. The highest BCUT2D eigenvalue weighted by Gasteiger charge is 2.01. The van der Waals surface area contributed by atoms with Crippen LogP contribution in [0.15, 0.2) is 21.4 Å². The zero-order valence-corrected chi connectivity index (χ0v) is 9.17. The summed E-state index contributed by atoms with van der Waals surface area (Å²) in [6.45, 7) is 0.539. The molecule has 0 atom stereocenters. The number of allylic oxidation sites excluding steroid dienone is 2. The summed E-state index contributed by atoms with van der Waals surface area (Å²) in [4.78, 5) is 7.55. The largest absolute Gasteiger partial charge is 0.379 e. The monoisotopic (exact) mass is 220 g/mol. The van der Waals surface area contributed by atoms with Crippen molar-refractivity contribution < 1.29 is 9.47 Å². The van der Waals surface area contributed by atoms with E-state index in [1.54, 1.807) is 12.1 Å². The molecule has 0 spiro atoms. The molecule has 84 valence electrons. The lowest BCUT2D eigenvalue weighted by Crippen LogP contribution is -1.92. The first-order valence-corrected chi connectivity index (χ1v) is 4.37. The molecule has 0 aliphatic rings. The van der Waals surface area contributed by atoms with Crippen LogP contribution in [-0.2, 0) is 9.47 Å². The average Bonchev–Trinajstić information content (AvgIpc) is 2.31. The fourth-order valence-corrected chi connectivity index (χ4v) is 0.692. The van der Waals surface area contributed by atoms with E-state index >= 15 is 0 Å². The molecule has 0 aliphatic carbocycles. The molecular weight excluding hydrogens is 208 g/mol. The van der Waals surface area contributed by atoms with Crippen molar-refractivity contribution in [1.82, 2.24) is 0 Å². The van der Waals surface area contributed by atoms with Crippen molar-refractivity contribution in [3.05, 3.63) is 11.4 Å². The fourth-order valence-electron chi connectivity index (χ4n) is 0.692. The molecule has 0 radical (unpaired) electrons. The highest BCUT2D eigenvalue weighted by atomic mass is 16.5. The molecule has 0 aromatic heterocycles. The lowest BCUT2D eigenvalue weighted by atomic mass is 10.4. The van der Waals surface area contributed by atoms with Gasteiger partial charge in [-0.1, -0.05) is 0 Å². The van der Waals surface area contributed by atoms with E-state index in [4.69, 9.17) is 20.0 Å². The Morgan fingerprint density at radius 2 is 1.38 bits per heavy atom.